The molecule has 3 aromatic rings. The van der Waals surface area contributed by atoms with Gasteiger partial charge in [0.05, 0.1) is 42.8 Å². The maximum Gasteiger partial charge on any atom is 0.275 e. The average Bonchev–Trinajstić information content (AvgIpc) is 3.25. The number of anilines is 1. The van der Waals surface area contributed by atoms with Crippen LogP contribution in [0.4, 0.5) is 5.69 Å². The minimum atomic E-state index is -0.287. The maximum absolute atomic E-state index is 13.0. The number of rotatable bonds is 6. The van der Waals surface area contributed by atoms with E-state index in [0.717, 1.165) is 30.2 Å². The summed E-state index contributed by atoms with van der Waals surface area (Å²) in [5.41, 5.74) is 3.29. The van der Waals surface area contributed by atoms with Gasteiger partial charge in [-0.3, -0.25) is 9.89 Å². The molecule has 33 heavy (non-hydrogen) atoms. The van der Waals surface area contributed by atoms with Crippen molar-refractivity contribution in [3.05, 3.63) is 59.6 Å². The summed E-state index contributed by atoms with van der Waals surface area (Å²) in [5.74, 6) is 1.57. The van der Waals surface area contributed by atoms with Crippen LogP contribution in [0.2, 0.25) is 0 Å². The lowest BCUT2D eigenvalue weighted by Gasteiger charge is -2.30. The number of morpholine rings is 1. The van der Waals surface area contributed by atoms with Crippen LogP contribution in [0.25, 0.3) is 5.69 Å². The number of thioether (sulfide) groups is 1. The molecule has 1 saturated heterocycles. The second-order valence-electron chi connectivity index (χ2n) is 8.15. The van der Waals surface area contributed by atoms with Crippen LogP contribution in [-0.2, 0) is 4.74 Å². The largest absolute Gasteiger partial charge is 0.378 e. The third kappa shape index (κ3) is 4.18. The summed E-state index contributed by atoms with van der Waals surface area (Å²) in [6, 6.07) is 1.83. The number of H-pyrrole nitrogens is 1. The van der Waals surface area contributed by atoms with Crippen LogP contribution in [0, 0.1) is 0 Å². The Kier molecular flexibility index (Phi) is 5.23. The summed E-state index contributed by atoms with van der Waals surface area (Å²) < 4.78 is 7.51. The molecule has 1 unspecified atom stereocenters. The molecule has 0 aromatic carbocycles. The third-order valence-corrected chi connectivity index (χ3v) is 6.85. The highest BCUT2D eigenvalue weighted by Gasteiger charge is 2.27. The third-order valence-electron chi connectivity index (χ3n) is 5.86. The molecule has 11 nitrogen and oxygen atoms in total. The normalized spacial score (nSPS) is 20.4. The molecule has 3 N–H and O–H groups in total. The molecule has 3 aromatic heterocycles. The van der Waals surface area contributed by atoms with E-state index >= 15 is 0 Å². The molecule has 2 aliphatic heterocycles. The van der Waals surface area contributed by atoms with Crippen LogP contribution < -0.4 is 15.5 Å². The van der Waals surface area contributed by atoms with Crippen molar-refractivity contribution >= 4 is 23.4 Å². The van der Waals surface area contributed by atoms with Crippen molar-refractivity contribution in [2.45, 2.75) is 24.1 Å². The first-order valence-corrected chi connectivity index (χ1v) is 11.8. The Hall–Kier alpha value is -3.38. The molecule has 1 saturated carbocycles. The van der Waals surface area contributed by atoms with E-state index < -0.39 is 0 Å². The maximum atomic E-state index is 13.0. The zero-order valence-electron chi connectivity index (χ0n) is 17.8. The molecular weight excluding hydrogens is 442 g/mol. The fourth-order valence-corrected chi connectivity index (χ4v) is 4.78. The van der Waals surface area contributed by atoms with Gasteiger partial charge in [-0.1, -0.05) is 11.8 Å². The molecule has 170 valence electrons. The number of carbonyl (C=O) groups excluding carboxylic acids is 1. The molecule has 0 radical (unpaired) electrons. The Balaban J connectivity index is 1.24. The fraction of sp³-hybridized carbons (Fsp3) is 0.381. The first-order chi connectivity index (χ1) is 16.2. The first kappa shape index (κ1) is 20.2. The summed E-state index contributed by atoms with van der Waals surface area (Å²) in [7, 11) is 0. The number of imidazole rings is 1. The summed E-state index contributed by atoms with van der Waals surface area (Å²) in [6.45, 7) is 2.90. The molecule has 3 aliphatic rings. The Labute approximate surface area is 194 Å². The summed E-state index contributed by atoms with van der Waals surface area (Å²) in [5, 5.41) is 14.6. The number of nitrogens with zero attached hydrogens (tertiary/aromatic N) is 6. The van der Waals surface area contributed by atoms with Gasteiger partial charge >= 0.3 is 0 Å². The lowest BCUT2D eigenvalue weighted by atomic mass is 10.2. The van der Waals surface area contributed by atoms with Crippen molar-refractivity contribution in [3.63, 3.8) is 0 Å². The van der Waals surface area contributed by atoms with Gasteiger partial charge in [-0.2, -0.15) is 5.10 Å². The van der Waals surface area contributed by atoms with Crippen LogP contribution in [-0.4, -0.2) is 61.9 Å². The standard InChI is InChI=1S/C21H23N9O2S/c31-20(26-18-10-33-21(27-18)19-23-11-25-28-19)14-7-16(30-9-15(24-12-30)13-1-2-13)17(8-22-14)29-3-5-32-6-4-29/h7-13,21,27H,1-6H2,(H,26,31)(H,23,25,28). The Morgan fingerprint density at radius 1 is 1.18 bits per heavy atom. The molecule has 1 amide bonds. The zero-order chi connectivity index (χ0) is 22.2. The van der Waals surface area contributed by atoms with Crippen LogP contribution in [0.3, 0.4) is 0 Å². The number of pyridine rings is 1. The molecule has 2 fully saturated rings. The first-order valence-electron chi connectivity index (χ1n) is 10.9. The summed E-state index contributed by atoms with van der Waals surface area (Å²) in [4.78, 5) is 28.5. The quantitative estimate of drug-likeness (QED) is 0.498. The van der Waals surface area contributed by atoms with E-state index in [0.29, 0.717) is 36.5 Å². The van der Waals surface area contributed by atoms with Crippen molar-refractivity contribution in [2.24, 2.45) is 0 Å². The van der Waals surface area contributed by atoms with Crippen molar-refractivity contribution in [2.75, 3.05) is 31.2 Å². The van der Waals surface area contributed by atoms with E-state index in [9.17, 15) is 4.79 Å². The highest BCUT2D eigenvalue weighted by Crippen LogP contribution is 2.39. The molecule has 6 rings (SSSR count). The van der Waals surface area contributed by atoms with E-state index in [2.05, 4.69) is 46.9 Å². The number of ether oxygens (including phenoxy) is 1. The number of aromatic amines is 1. The van der Waals surface area contributed by atoms with Crippen LogP contribution in [0.15, 0.2) is 42.3 Å². The van der Waals surface area contributed by atoms with Crippen molar-refractivity contribution in [3.8, 4) is 5.69 Å². The van der Waals surface area contributed by atoms with Gasteiger partial charge < -0.3 is 24.8 Å². The van der Waals surface area contributed by atoms with Gasteiger partial charge in [-0.05, 0) is 18.9 Å². The zero-order valence-corrected chi connectivity index (χ0v) is 18.6. The number of nitrogens with one attached hydrogen (secondary N) is 3. The second-order valence-corrected chi connectivity index (χ2v) is 9.13. The molecule has 12 heteroatoms. The summed E-state index contributed by atoms with van der Waals surface area (Å²) in [6.07, 6.45) is 9.50. The number of hydrogen-bond acceptors (Lipinski definition) is 9. The van der Waals surface area contributed by atoms with Crippen LogP contribution >= 0.6 is 11.8 Å². The minimum absolute atomic E-state index is 0.123. The van der Waals surface area contributed by atoms with Crippen LogP contribution in [0.5, 0.6) is 0 Å². The SMILES string of the molecule is O=C(NC1=CSC(c2ncn[nH]2)N1)c1cc(-n2cnc(C3CC3)c2)c(N2CCOCC2)cn1. The van der Waals surface area contributed by atoms with E-state index in [1.165, 1.54) is 30.9 Å². The van der Waals surface area contributed by atoms with Gasteiger partial charge in [-0.15, -0.1) is 0 Å². The topological polar surface area (TPSA) is 126 Å². The van der Waals surface area contributed by atoms with E-state index in [1.54, 1.807) is 6.20 Å². The van der Waals surface area contributed by atoms with Crippen LogP contribution in [0.1, 0.15) is 46.1 Å². The van der Waals surface area contributed by atoms with E-state index in [4.69, 9.17) is 4.74 Å². The van der Waals surface area contributed by atoms with Gasteiger partial charge in [0.25, 0.3) is 5.91 Å². The number of hydrogen-bond donors (Lipinski definition) is 3. The van der Waals surface area contributed by atoms with Gasteiger partial charge in [-0.25, -0.2) is 15.0 Å². The smallest absolute Gasteiger partial charge is 0.275 e. The molecular formula is C21H23N9O2S. The summed E-state index contributed by atoms with van der Waals surface area (Å²) >= 11 is 1.51. The fourth-order valence-electron chi connectivity index (χ4n) is 3.95. The molecule has 1 atom stereocenters. The van der Waals surface area contributed by atoms with Crippen molar-refractivity contribution in [1.82, 2.24) is 40.3 Å². The molecule has 0 bridgehead atoms. The van der Waals surface area contributed by atoms with Crippen molar-refractivity contribution in [1.29, 1.82) is 0 Å². The Morgan fingerprint density at radius 2 is 2.06 bits per heavy atom. The number of aromatic nitrogens is 6. The van der Waals surface area contributed by atoms with Crippen molar-refractivity contribution < 1.29 is 9.53 Å². The molecule has 5 heterocycles. The predicted molar refractivity (Wildman–Crippen MR) is 122 cm³/mol. The van der Waals surface area contributed by atoms with Gasteiger partial charge in [0.1, 0.15) is 23.2 Å². The van der Waals surface area contributed by atoms with Gasteiger partial charge in [0.15, 0.2) is 5.82 Å². The highest BCUT2D eigenvalue weighted by atomic mass is 32.2. The Bertz CT molecular complexity index is 1180. The molecule has 0 spiro atoms. The van der Waals surface area contributed by atoms with Gasteiger partial charge in [0.2, 0.25) is 0 Å². The lowest BCUT2D eigenvalue weighted by Crippen LogP contribution is -2.37. The number of amides is 1. The second kappa shape index (κ2) is 8.52. The van der Waals surface area contributed by atoms with E-state index in [1.807, 2.05) is 22.4 Å². The monoisotopic (exact) mass is 465 g/mol. The highest BCUT2D eigenvalue weighted by molar-refractivity contribution is 8.02. The lowest BCUT2D eigenvalue weighted by molar-refractivity contribution is 0.0958. The number of carbonyl (C=O) groups is 1. The molecule has 1 aliphatic carbocycles. The van der Waals surface area contributed by atoms with Gasteiger partial charge in [0, 0.05) is 30.6 Å². The Morgan fingerprint density at radius 3 is 2.85 bits per heavy atom. The van der Waals surface area contributed by atoms with E-state index in [-0.39, 0.29) is 11.3 Å². The minimum Gasteiger partial charge on any atom is -0.378 e. The average molecular weight is 466 g/mol. The predicted octanol–water partition coefficient (Wildman–Crippen LogP) is 1.66.